The topological polar surface area (TPSA) is 29.9 Å². The maximum atomic E-state index is 4.38. The first kappa shape index (κ1) is 13.3. The predicted molar refractivity (Wildman–Crippen MR) is 77.1 cm³/mol. The molecule has 4 heteroatoms. The Morgan fingerprint density at radius 2 is 2.22 bits per heavy atom. The summed E-state index contributed by atoms with van der Waals surface area (Å²) >= 11 is 1.90. The Morgan fingerprint density at radius 1 is 1.44 bits per heavy atom. The highest BCUT2D eigenvalue weighted by molar-refractivity contribution is 7.12. The van der Waals surface area contributed by atoms with Crippen molar-refractivity contribution >= 4 is 11.3 Å². The van der Waals surface area contributed by atoms with Crippen LogP contribution >= 0.6 is 11.3 Å². The number of aryl methyl sites for hydroxylation is 4. The summed E-state index contributed by atoms with van der Waals surface area (Å²) in [4.78, 5) is 7.23. The molecule has 3 nitrogen and oxygen atoms in total. The highest BCUT2D eigenvalue weighted by Gasteiger charge is 2.14. The zero-order valence-corrected chi connectivity index (χ0v) is 12.3. The molecule has 0 saturated carbocycles. The number of imidazole rings is 1. The van der Waals surface area contributed by atoms with Gasteiger partial charge in [-0.25, -0.2) is 4.98 Å². The van der Waals surface area contributed by atoms with Crippen molar-refractivity contribution in [3.8, 4) is 0 Å². The zero-order chi connectivity index (χ0) is 13.1. The van der Waals surface area contributed by atoms with Crippen LogP contribution in [0, 0.1) is 13.8 Å². The monoisotopic (exact) mass is 263 g/mol. The molecule has 2 aromatic heterocycles. The average Bonchev–Trinajstić information content (AvgIpc) is 2.88. The van der Waals surface area contributed by atoms with Crippen LogP contribution in [-0.2, 0) is 13.5 Å². The van der Waals surface area contributed by atoms with Crippen LogP contribution in [0.5, 0.6) is 0 Å². The van der Waals surface area contributed by atoms with Crippen molar-refractivity contribution in [2.24, 2.45) is 7.05 Å². The summed E-state index contributed by atoms with van der Waals surface area (Å²) in [6.07, 6.45) is 5.96. The van der Waals surface area contributed by atoms with E-state index in [1.165, 1.54) is 15.3 Å². The minimum Gasteiger partial charge on any atom is -0.338 e. The third-order valence-corrected chi connectivity index (χ3v) is 4.72. The van der Waals surface area contributed by atoms with Gasteiger partial charge in [0.25, 0.3) is 0 Å². The summed E-state index contributed by atoms with van der Waals surface area (Å²) in [5.74, 6) is 1.15. The first-order valence-corrected chi connectivity index (χ1v) is 7.14. The van der Waals surface area contributed by atoms with E-state index < -0.39 is 0 Å². The molecule has 0 radical (unpaired) electrons. The van der Waals surface area contributed by atoms with Gasteiger partial charge in [0.1, 0.15) is 5.82 Å². The molecule has 1 unspecified atom stereocenters. The van der Waals surface area contributed by atoms with Gasteiger partial charge >= 0.3 is 0 Å². The van der Waals surface area contributed by atoms with Crippen molar-refractivity contribution in [3.05, 3.63) is 39.6 Å². The molecule has 0 spiro atoms. The predicted octanol–water partition coefficient (Wildman–Crippen LogP) is 2.99. The van der Waals surface area contributed by atoms with E-state index in [1.807, 2.05) is 30.8 Å². The number of thiophene rings is 1. The highest BCUT2D eigenvalue weighted by Crippen LogP contribution is 2.28. The molecule has 0 aromatic carbocycles. The second-order valence-electron chi connectivity index (χ2n) is 4.72. The minimum absolute atomic E-state index is 0.430. The van der Waals surface area contributed by atoms with E-state index in [0.717, 1.165) is 18.7 Å². The van der Waals surface area contributed by atoms with Crippen LogP contribution < -0.4 is 5.32 Å². The summed E-state index contributed by atoms with van der Waals surface area (Å²) in [5, 5.41) is 3.41. The van der Waals surface area contributed by atoms with Crippen molar-refractivity contribution in [1.82, 2.24) is 14.9 Å². The van der Waals surface area contributed by atoms with Gasteiger partial charge in [0.2, 0.25) is 0 Å². The summed E-state index contributed by atoms with van der Waals surface area (Å²) in [6.45, 7) is 4.37. The van der Waals surface area contributed by atoms with E-state index in [0.29, 0.717) is 6.04 Å². The van der Waals surface area contributed by atoms with E-state index in [2.05, 4.69) is 41.8 Å². The largest absolute Gasteiger partial charge is 0.338 e. The molecule has 0 aliphatic heterocycles. The first-order valence-electron chi connectivity index (χ1n) is 6.32. The van der Waals surface area contributed by atoms with Gasteiger partial charge in [-0.3, -0.25) is 0 Å². The Hall–Kier alpha value is -1.13. The average molecular weight is 263 g/mol. The fourth-order valence-electron chi connectivity index (χ4n) is 2.11. The number of aromatic nitrogens is 2. The third-order valence-electron chi connectivity index (χ3n) is 3.45. The fourth-order valence-corrected chi connectivity index (χ4v) is 3.30. The molecule has 2 rings (SSSR count). The number of rotatable bonds is 5. The van der Waals surface area contributed by atoms with E-state index in [4.69, 9.17) is 0 Å². The lowest BCUT2D eigenvalue weighted by Gasteiger charge is -2.14. The molecule has 1 N–H and O–H groups in total. The van der Waals surface area contributed by atoms with Crippen LogP contribution in [0.15, 0.2) is 18.5 Å². The molecule has 18 heavy (non-hydrogen) atoms. The Balaban J connectivity index is 2.04. The lowest BCUT2D eigenvalue weighted by molar-refractivity contribution is 0.543. The molecule has 98 valence electrons. The standard InChI is InChI=1S/C14H21N3S/c1-10-9-13(18-11(10)2)12(15-3)5-6-14-16-7-8-17(14)4/h7-9,12,15H,5-6H2,1-4H3. The Bertz CT molecular complexity index is 493. The molecule has 2 aromatic rings. The molecule has 0 saturated heterocycles. The van der Waals surface area contributed by atoms with E-state index in [1.54, 1.807) is 0 Å². The van der Waals surface area contributed by atoms with Gasteiger partial charge in [0.05, 0.1) is 0 Å². The normalized spacial score (nSPS) is 12.9. The van der Waals surface area contributed by atoms with Gasteiger partial charge in [-0.15, -0.1) is 11.3 Å². The van der Waals surface area contributed by atoms with E-state index in [9.17, 15) is 0 Å². The molecule has 0 bridgehead atoms. The van der Waals surface area contributed by atoms with Gasteiger partial charge in [-0.2, -0.15) is 0 Å². The van der Waals surface area contributed by atoms with Gasteiger partial charge in [-0.1, -0.05) is 0 Å². The minimum atomic E-state index is 0.430. The summed E-state index contributed by atoms with van der Waals surface area (Å²) in [6, 6.07) is 2.73. The molecule has 2 heterocycles. The second-order valence-corrected chi connectivity index (χ2v) is 6.01. The molecule has 0 aliphatic rings. The summed E-state index contributed by atoms with van der Waals surface area (Å²) in [5.41, 5.74) is 1.40. The summed E-state index contributed by atoms with van der Waals surface area (Å²) < 4.78 is 2.09. The Labute approximate surface area is 113 Å². The van der Waals surface area contributed by atoms with Crippen molar-refractivity contribution < 1.29 is 0 Å². The molecule has 1 atom stereocenters. The van der Waals surface area contributed by atoms with Crippen molar-refractivity contribution in [2.75, 3.05) is 7.05 Å². The van der Waals surface area contributed by atoms with Crippen molar-refractivity contribution in [1.29, 1.82) is 0 Å². The number of nitrogens with one attached hydrogen (secondary N) is 1. The van der Waals surface area contributed by atoms with Gasteiger partial charge < -0.3 is 9.88 Å². The quantitative estimate of drug-likeness (QED) is 0.898. The van der Waals surface area contributed by atoms with Crippen LogP contribution in [0.3, 0.4) is 0 Å². The van der Waals surface area contributed by atoms with Crippen LogP contribution in [-0.4, -0.2) is 16.6 Å². The van der Waals surface area contributed by atoms with Crippen LogP contribution in [0.2, 0.25) is 0 Å². The van der Waals surface area contributed by atoms with Crippen molar-refractivity contribution in [2.45, 2.75) is 32.7 Å². The number of hydrogen-bond acceptors (Lipinski definition) is 3. The smallest absolute Gasteiger partial charge is 0.108 e. The van der Waals surface area contributed by atoms with Crippen molar-refractivity contribution in [3.63, 3.8) is 0 Å². The fraction of sp³-hybridized carbons (Fsp3) is 0.500. The van der Waals surface area contributed by atoms with Crippen LogP contribution in [0.1, 0.15) is 33.6 Å². The van der Waals surface area contributed by atoms with Gasteiger partial charge in [-0.05, 0) is 38.9 Å². The SMILES string of the molecule is CNC(CCc1nccn1C)c1cc(C)c(C)s1. The second kappa shape index (κ2) is 5.67. The first-order chi connectivity index (χ1) is 8.61. The lowest BCUT2D eigenvalue weighted by atomic mass is 10.1. The van der Waals surface area contributed by atoms with E-state index >= 15 is 0 Å². The third kappa shape index (κ3) is 2.82. The maximum Gasteiger partial charge on any atom is 0.108 e. The number of nitrogens with zero attached hydrogens (tertiary/aromatic N) is 2. The summed E-state index contributed by atoms with van der Waals surface area (Å²) in [7, 11) is 4.09. The van der Waals surface area contributed by atoms with Gasteiger partial charge in [0, 0.05) is 41.7 Å². The Morgan fingerprint density at radius 3 is 2.72 bits per heavy atom. The van der Waals surface area contributed by atoms with Crippen LogP contribution in [0.25, 0.3) is 0 Å². The van der Waals surface area contributed by atoms with E-state index in [-0.39, 0.29) is 0 Å². The number of hydrogen-bond donors (Lipinski definition) is 1. The molecule has 0 aliphatic carbocycles. The molecule has 0 fully saturated rings. The zero-order valence-electron chi connectivity index (χ0n) is 11.5. The molecule has 0 amide bonds. The Kier molecular flexibility index (Phi) is 4.19. The highest BCUT2D eigenvalue weighted by atomic mass is 32.1. The van der Waals surface area contributed by atoms with Crippen LogP contribution in [0.4, 0.5) is 0 Å². The maximum absolute atomic E-state index is 4.38. The van der Waals surface area contributed by atoms with Gasteiger partial charge in [0.15, 0.2) is 0 Å². The lowest BCUT2D eigenvalue weighted by Crippen LogP contribution is -2.16. The molecular formula is C14H21N3S. The molecular weight excluding hydrogens is 242 g/mol.